The molecule has 0 N–H and O–H groups in total. The number of benzene rings is 3. The molecule has 3 aromatic rings. The average Bonchev–Trinajstić information content (AvgIpc) is 2.64. The predicted molar refractivity (Wildman–Crippen MR) is 103 cm³/mol. The van der Waals surface area contributed by atoms with Gasteiger partial charge < -0.3 is 0 Å². The fourth-order valence-corrected chi connectivity index (χ4v) is 3.33. The molecule has 0 heteroatoms. The summed E-state index contributed by atoms with van der Waals surface area (Å²) in [5.41, 5.74) is 8.28. The molecular weight excluding hydrogens is 288 g/mol. The highest BCUT2D eigenvalue weighted by Gasteiger charge is 2.17. The zero-order valence-electron chi connectivity index (χ0n) is 13.7. The Morgan fingerprint density at radius 1 is 0.458 bits per heavy atom. The van der Waals surface area contributed by atoms with Crippen LogP contribution in [0.25, 0.3) is 12.2 Å². The molecule has 116 valence electrons. The van der Waals surface area contributed by atoms with Gasteiger partial charge >= 0.3 is 0 Å². The Bertz CT molecular complexity index is 807. The summed E-state index contributed by atoms with van der Waals surface area (Å²) in [6.45, 7) is 0. The van der Waals surface area contributed by atoms with Gasteiger partial charge in [-0.25, -0.2) is 0 Å². The lowest BCUT2D eigenvalue weighted by atomic mass is 9.82. The number of hydrogen-bond donors (Lipinski definition) is 0. The summed E-state index contributed by atoms with van der Waals surface area (Å²) in [6, 6.07) is 30.0. The van der Waals surface area contributed by atoms with E-state index in [1.807, 2.05) is 0 Å². The Hall–Kier alpha value is -2.86. The number of fused-ring (bicyclic) bond motifs is 1. The van der Waals surface area contributed by atoms with E-state index in [4.69, 9.17) is 0 Å². The summed E-state index contributed by atoms with van der Waals surface area (Å²) in [6.07, 6.45) is 6.68. The summed E-state index contributed by atoms with van der Waals surface area (Å²) in [5, 5.41) is 0. The molecule has 0 radical (unpaired) electrons. The van der Waals surface area contributed by atoms with Crippen molar-refractivity contribution in [2.45, 2.75) is 12.8 Å². The highest BCUT2D eigenvalue weighted by molar-refractivity contribution is 5.69. The van der Waals surface area contributed by atoms with Crippen LogP contribution in [0.3, 0.4) is 0 Å². The lowest BCUT2D eigenvalue weighted by Crippen LogP contribution is -2.08. The van der Waals surface area contributed by atoms with Gasteiger partial charge in [0.05, 0.1) is 0 Å². The summed E-state index contributed by atoms with van der Waals surface area (Å²) in [5.74, 6) is 0. The van der Waals surface area contributed by atoms with Crippen LogP contribution in [0.15, 0.2) is 96.1 Å². The first kappa shape index (κ1) is 14.7. The van der Waals surface area contributed by atoms with Crippen molar-refractivity contribution in [1.29, 1.82) is 0 Å². The molecule has 0 nitrogen and oxygen atoms in total. The Kier molecular flexibility index (Phi) is 4.12. The van der Waals surface area contributed by atoms with Crippen LogP contribution in [0, 0.1) is 0 Å². The van der Waals surface area contributed by atoms with Crippen molar-refractivity contribution < 1.29 is 0 Å². The largest absolute Gasteiger partial charge is 0.0622 e. The van der Waals surface area contributed by atoms with E-state index in [1.54, 1.807) is 0 Å². The van der Waals surface area contributed by atoms with Crippen molar-refractivity contribution in [2.75, 3.05) is 0 Å². The third kappa shape index (κ3) is 3.23. The lowest BCUT2D eigenvalue weighted by Gasteiger charge is -2.22. The lowest BCUT2D eigenvalue weighted by molar-refractivity contribution is 0.998. The van der Waals surface area contributed by atoms with Crippen molar-refractivity contribution in [3.05, 3.63) is 118 Å². The monoisotopic (exact) mass is 308 g/mol. The topological polar surface area (TPSA) is 0 Å². The molecule has 0 atom stereocenters. The minimum absolute atomic E-state index is 1.00. The van der Waals surface area contributed by atoms with Gasteiger partial charge in [-0.05, 0) is 46.2 Å². The highest BCUT2D eigenvalue weighted by Crippen LogP contribution is 2.32. The molecule has 0 aromatic heterocycles. The van der Waals surface area contributed by atoms with Gasteiger partial charge in [0.2, 0.25) is 0 Å². The summed E-state index contributed by atoms with van der Waals surface area (Å²) < 4.78 is 0. The van der Waals surface area contributed by atoms with Crippen LogP contribution in [-0.2, 0) is 12.8 Å². The van der Waals surface area contributed by atoms with Crippen LogP contribution in [0.4, 0.5) is 0 Å². The second-order valence-corrected chi connectivity index (χ2v) is 6.28. The van der Waals surface area contributed by atoms with Crippen molar-refractivity contribution >= 4 is 12.2 Å². The molecule has 0 amide bonds. The van der Waals surface area contributed by atoms with E-state index in [1.165, 1.54) is 33.4 Å². The molecule has 4 rings (SSSR count). The van der Waals surface area contributed by atoms with E-state index in [-0.39, 0.29) is 0 Å². The maximum absolute atomic E-state index is 2.34. The van der Waals surface area contributed by atoms with E-state index in [0.29, 0.717) is 0 Å². The smallest absolute Gasteiger partial charge is 0.00199 e. The molecule has 0 aliphatic heterocycles. The standard InChI is InChI=1S/C24H20/c1-3-9-19(10-4-1)15-23-17-21-13-7-8-14-22(21)18-24(23)16-20-11-5-2-6-12-20/h1-16H,17-18H2/b23-15+,24-16+. The molecule has 1 aliphatic carbocycles. The number of allylic oxidation sites excluding steroid dienone is 2. The SMILES string of the molecule is C(=C1/Cc2ccccc2C/C1=C\c1ccccc1)/c1ccccc1. The fraction of sp³-hybridized carbons (Fsp3) is 0.0833. The predicted octanol–water partition coefficient (Wildman–Crippen LogP) is 5.95. The highest BCUT2D eigenvalue weighted by atomic mass is 14.2. The van der Waals surface area contributed by atoms with Crippen LogP contribution in [0.2, 0.25) is 0 Å². The maximum Gasteiger partial charge on any atom is -0.00199 e. The van der Waals surface area contributed by atoms with Crippen molar-refractivity contribution in [1.82, 2.24) is 0 Å². The zero-order chi connectivity index (χ0) is 16.2. The van der Waals surface area contributed by atoms with Gasteiger partial charge in [0.1, 0.15) is 0 Å². The normalized spacial score (nSPS) is 17.0. The fourth-order valence-electron chi connectivity index (χ4n) is 3.33. The van der Waals surface area contributed by atoms with Gasteiger partial charge in [-0.2, -0.15) is 0 Å². The molecule has 0 heterocycles. The van der Waals surface area contributed by atoms with Gasteiger partial charge in [0.15, 0.2) is 0 Å². The first-order chi connectivity index (χ1) is 11.9. The summed E-state index contributed by atoms with van der Waals surface area (Å²) in [7, 11) is 0. The maximum atomic E-state index is 2.34. The Balaban J connectivity index is 1.79. The summed E-state index contributed by atoms with van der Waals surface area (Å²) >= 11 is 0. The van der Waals surface area contributed by atoms with Gasteiger partial charge in [-0.1, -0.05) is 97.1 Å². The van der Waals surface area contributed by atoms with Gasteiger partial charge in [-0.15, -0.1) is 0 Å². The molecule has 0 spiro atoms. The first-order valence-corrected chi connectivity index (χ1v) is 8.47. The van der Waals surface area contributed by atoms with Crippen LogP contribution in [0.1, 0.15) is 22.3 Å². The third-order valence-electron chi connectivity index (χ3n) is 4.57. The molecular formula is C24H20. The van der Waals surface area contributed by atoms with Gasteiger partial charge in [0, 0.05) is 0 Å². The Labute approximate surface area is 143 Å². The average molecular weight is 308 g/mol. The van der Waals surface area contributed by atoms with Crippen molar-refractivity contribution in [2.24, 2.45) is 0 Å². The molecule has 0 saturated carbocycles. The minimum atomic E-state index is 1.00. The summed E-state index contributed by atoms with van der Waals surface area (Å²) in [4.78, 5) is 0. The van der Waals surface area contributed by atoms with E-state index in [9.17, 15) is 0 Å². The van der Waals surface area contributed by atoms with Crippen LogP contribution >= 0.6 is 0 Å². The molecule has 0 saturated heterocycles. The second kappa shape index (κ2) is 6.72. The van der Waals surface area contributed by atoms with Crippen LogP contribution in [-0.4, -0.2) is 0 Å². The quantitative estimate of drug-likeness (QED) is 0.548. The third-order valence-corrected chi connectivity index (χ3v) is 4.57. The molecule has 3 aromatic carbocycles. The van der Waals surface area contributed by atoms with E-state index >= 15 is 0 Å². The molecule has 24 heavy (non-hydrogen) atoms. The van der Waals surface area contributed by atoms with Gasteiger partial charge in [0.25, 0.3) is 0 Å². The molecule has 0 bridgehead atoms. The zero-order valence-corrected chi connectivity index (χ0v) is 13.7. The van der Waals surface area contributed by atoms with E-state index < -0.39 is 0 Å². The Morgan fingerprint density at radius 3 is 1.25 bits per heavy atom. The first-order valence-electron chi connectivity index (χ1n) is 8.47. The Morgan fingerprint density at radius 2 is 0.833 bits per heavy atom. The van der Waals surface area contributed by atoms with E-state index in [0.717, 1.165) is 12.8 Å². The number of rotatable bonds is 2. The second-order valence-electron chi connectivity index (χ2n) is 6.28. The minimum Gasteiger partial charge on any atom is -0.0622 e. The molecule has 0 fully saturated rings. The van der Waals surface area contributed by atoms with Crippen molar-refractivity contribution in [3.63, 3.8) is 0 Å². The molecule has 1 aliphatic rings. The van der Waals surface area contributed by atoms with Crippen LogP contribution in [0.5, 0.6) is 0 Å². The van der Waals surface area contributed by atoms with E-state index in [2.05, 4.69) is 97.1 Å². The molecule has 0 unspecified atom stereocenters. The van der Waals surface area contributed by atoms with Gasteiger partial charge in [-0.3, -0.25) is 0 Å². The van der Waals surface area contributed by atoms with Crippen molar-refractivity contribution in [3.8, 4) is 0 Å². The van der Waals surface area contributed by atoms with Crippen LogP contribution < -0.4 is 0 Å². The number of hydrogen-bond acceptors (Lipinski definition) is 0.